The van der Waals surface area contributed by atoms with Gasteiger partial charge in [-0.05, 0) is 38.5 Å². The highest BCUT2D eigenvalue weighted by atomic mass is 16.5. The molecule has 2 heteroatoms. The number of hydrogen-bond acceptors (Lipinski definition) is 2. The summed E-state index contributed by atoms with van der Waals surface area (Å²) in [6.07, 6.45) is 10.7. The highest BCUT2D eigenvalue weighted by Crippen LogP contribution is 2.39. The van der Waals surface area contributed by atoms with Crippen molar-refractivity contribution < 1.29 is 4.74 Å². The van der Waals surface area contributed by atoms with Crippen LogP contribution in [0.4, 0.5) is 0 Å². The van der Waals surface area contributed by atoms with Gasteiger partial charge in [0.2, 0.25) is 0 Å². The minimum atomic E-state index is -0.119. The maximum absolute atomic E-state index is 6.11. The highest BCUT2D eigenvalue weighted by molar-refractivity contribution is 5.67. The molecule has 0 radical (unpaired) electrons. The van der Waals surface area contributed by atoms with Gasteiger partial charge in [0.1, 0.15) is 0 Å². The molecule has 2 aliphatic rings. The van der Waals surface area contributed by atoms with Crippen LogP contribution in [0.25, 0.3) is 0 Å². The summed E-state index contributed by atoms with van der Waals surface area (Å²) in [5.74, 6) is 0. The van der Waals surface area contributed by atoms with E-state index in [4.69, 9.17) is 9.73 Å². The highest BCUT2D eigenvalue weighted by Gasteiger charge is 2.39. The molecule has 0 unspecified atom stereocenters. The van der Waals surface area contributed by atoms with Gasteiger partial charge in [0.25, 0.3) is 0 Å². The molecule has 0 aromatic rings. The summed E-state index contributed by atoms with van der Waals surface area (Å²) < 4.78 is 6.11. The molecule has 1 saturated carbocycles. The molecule has 0 atom stereocenters. The zero-order valence-electron chi connectivity index (χ0n) is 10.1. The predicted octanol–water partition coefficient (Wildman–Crippen LogP) is 3.55. The van der Waals surface area contributed by atoms with E-state index in [1.807, 2.05) is 0 Å². The quantitative estimate of drug-likeness (QED) is 0.681. The van der Waals surface area contributed by atoms with Crippen molar-refractivity contribution >= 4 is 6.21 Å². The third-order valence-corrected chi connectivity index (χ3v) is 4.25. The molecular formula is C13H23NO. The van der Waals surface area contributed by atoms with Gasteiger partial charge in [-0.3, -0.25) is 4.99 Å². The van der Waals surface area contributed by atoms with E-state index in [1.54, 1.807) is 0 Å². The molecule has 1 spiro atoms. The van der Waals surface area contributed by atoms with Crippen LogP contribution < -0.4 is 0 Å². The van der Waals surface area contributed by atoms with Crippen LogP contribution in [-0.2, 0) is 4.74 Å². The number of nitrogens with zero attached hydrogens (tertiary/aromatic N) is 1. The lowest BCUT2D eigenvalue weighted by Crippen LogP contribution is -2.43. The summed E-state index contributed by atoms with van der Waals surface area (Å²) in [6, 6.07) is 0. The zero-order valence-corrected chi connectivity index (χ0v) is 10.1. The number of rotatable bonds is 2. The molecule has 1 aliphatic carbocycles. The molecule has 0 aromatic heterocycles. The van der Waals surface area contributed by atoms with E-state index >= 15 is 0 Å². The molecule has 0 bridgehead atoms. The Hall–Kier alpha value is -0.370. The first-order valence-electron chi connectivity index (χ1n) is 6.45. The molecule has 0 saturated heterocycles. The van der Waals surface area contributed by atoms with E-state index in [2.05, 4.69) is 20.1 Å². The van der Waals surface area contributed by atoms with Crippen LogP contribution in [0.1, 0.15) is 58.8 Å². The van der Waals surface area contributed by atoms with Gasteiger partial charge in [-0.2, -0.15) is 0 Å². The minimum absolute atomic E-state index is 0.119. The molecule has 1 heterocycles. The Labute approximate surface area is 93.1 Å². The Morgan fingerprint density at radius 2 is 1.80 bits per heavy atom. The smallest absolute Gasteiger partial charge is 0.158 e. The molecule has 86 valence electrons. The molecule has 1 fully saturated rings. The van der Waals surface area contributed by atoms with Gasteiger partial charge < -0.3 is 4.74 Å². The van der Waals surface area contributed by atoms with Crippen LogP contribution >= 0.6 is 0 Å². The van der Waals surface area contributed by atoms with Crippen LogP contribution in [0.3, 0.4) is 0 Å². The van der Waals surface area contributed by atoms with Gasteiger partial charge in [-0.1, -0.05) is 20.3 Å². The molecule has 0 aromatic carbocycles. The fourth-order valence-corrected chi connectivity index (χ4v) is 2.62. The van der Waals surface area contributed by atoms with Gasteiger partial charge in [-0.25, -0.2) is 0 Å². The second-order valence-corrected chi connectivity index (χ2v) is 5.12. The van der Waals surface area contributed by atoms with Crippen LogP contribution in [0.5, 0.6) is 0 Å². The molecule has 2 rings (SSSR count). The second kappa shape index (κ2) is 4.25. The first-order chi connectivity index (χ1) is 7.24. The maximum Gasteiger partial charge on any atom is 0.158 e. The lowest BCUT2D eigenvalue weighted by Gasteiger charge is -2.42. The average molecular weight is 209 g/mol. The normalized spacial score (nSPS) is 28.1. The fraction of sp³-hybridized carbons (Fsp3) is 0.923. The Bertz CT molecular complexity index is 237. The fourth-order valence-electron chi connectivity index (χ4n) is 2.62. The topological polar surface area (TPSA) is 21.6 Å². The van der Waals surface area contributed by atoms with Crippen LogP contribution in [-0.4, -0.2) is 18.5 Å². The number of ether oxygens (including phenoxy) is 1. The minimum Gasteiger partial charge on any atom is -0.353 e. The number of aliphatic imine (C=N–C) groups is 1. The van der Waals surface area contributed by atoms with Gasteiger partial charge in [0.15, 0.2) is 5.72 Å². The Morgan fingerprint density at radius 3 is 2.27 bits per heavy atom. The van der Waals surface area contributed by atoms with E-state index in [9.17, 15) is 0 Å². The molecule has 2 nitrogen and oxygen atoms in total. The second-order valence-electron chi connectivity index (χ2n) is 5.12. The van der Waals surface area contributed by atoms with Crippen molar-refractivity contribution in [1.29, 1.82) is 0 Å². The summed E-state index contributed by atoms with van der Waals surface area (Å²) >= 11 is 0. The average Bonchev–Trinajstić information content (AvgIpc) is 2.32. The first-order valence-corrected chi connectivity index (χ1v) is 6.45. The third-order valence-electron chi connectivity index (χ3n) is 4.25. The van der Waals surface area contributed by atoms with Gasteiger partial charge in [-0.15, -0.1) is 0 Å². The van der Waals surface area contributed by atoms with E-state index < -0.39 is 0 Å². The van der Waals surface area contributed by atoms with E-state index in [-0.39, 0.29) is 11.1 Å². The van der Waals surface area contributed by atoms with Gasteiger partial charge in [0.05, 0.1) is 6.61 Å². The molecule has 0 amide bonds. The van der Waals surface area contributed by atoms with E-state index in [1.165, 1.54) is 19.3 Å². The summed E-state index contributed by atoms with van der Waals surface area (Å²) in [4.78, 5) is 4.77. The van der Waals surface area contributed by atoms with Crippen LogP contribution in [0.15, 0.2) is 4.99 Å². The van der Waals surface area contributed by atoms with Crippen molar-refractivity contribution in [3.05, 3.63) is 0 Å². The summed E-state index contributed by atoms with van der Waals surface area (Å²) in [5, 5.41) is 0. The Kier molecular flexibility index (Phi) is 3.15. The molecule has 1 aliphatic heterocycles. The number of hydrogen-bond donors (Lipinski definition) is 0. The van der Waals surface area contributed by atoms with Crippen molar-refractivity contribution in [2.75, 3.05) is 6.61 Å². The summed E-state index contributed by atoms with van der Waals surface area (Å²) in [5.41, 5.74) is 0.106. The lowest BCUT2D eigenvalue weighted by atomic mass is 9.82. The van der Waals surface area contributed by atoms with Crippen molar-refractivity contribution in [2.24, 2.45) is 10.4 Å². The first kappa shape index (κ1) is 11.1. The Balaban J connectivity index is 2.09. The standard InChI is InChI=1S/C13H23NO/c1-3-12(4-2)10-14-13(15-11-12)8-6-5-7-9-13/h10H,3-9,11H2,1-2H3. The largest absolute Gasteiger partial charge is 0.353 e. The van der Waals surface area contributed by atoms with Crippen molar-refractivity contribution in [2.45, 2.75) is 64.5 Å². The Morgan fingerprint density at radius 1 is 1.13 bits per heavy atom. The third kappa shape index (κ3) is 2.10. The summed E-state index contributed by atoms with van der Waals surface area (Å²) in [7, 11) is 0. The lowest BCUT2D eigenvalue weighted by molar-refractivity contribution is -0.0977. The van der Waals surface area contributed by atoms with Gasteiger partial charge >= 0.3 is 0 Å². The molecular weight excluding hydrogens is 186 g/mol. The van der Waals surface area contributed by atoms with Crippen molar-refractivity contribution in [1.82, 2.24) is 0 Å². The van der Waals surface area contributed by atoms with Crippen molar-refractivity contribution in [3.8, 4) is 0 Å². The SMILES string of the molecule is CCC1(CC)C=NC2(CCCCC2)OC1. The van der Waals surface area contributed by atoms with Crippen LogP contribution in [0.2, 0.25) is 0 Å². The predicted molar refractivity (Wildman–Crippen MR) is 63.3 cm³/mol. The van der Waals surface area contributed by atoms with Crippen LogP contribution in [0, 0.1) is 5.41 Å². The van der Waals surface area contributed by atoms with Gasteiger partial charge in [0, 0.05) is 11.6 Å². The maximum atomic E-state index is 6.11. The van der Waals surface area contributed by atoms with E-state index in [0.29, 0.717) is 0 Å². The zero-order chi connectivity index (χ0) is 10.8. The summed E-state index contributed by atoms with van der Waals surface area (Å²) in [6.45, 7) is 5.35. The van der Waals surface area contributed by atoms with E-state index in [0.717, 1.165) is 32.3 Å². The van der Waals surface area contributed by atoms with Crippen molar-refractivity contribution in [3.63, 3.8) is 0 Å². The molecule has 0 N–H and O–H groups in total. The monoisotopic (exact) mass is 209 g/mol. The molecule has 15 heavy (non-hydrogen) atoms.